The summed E-state index contributed by atoms with van der Waals surface area (Å²) < 4.78 is 18.9. The van der Waals surface area contributed by atoms with Gasteiger partial charge in [0.05, 0.1) is 0 Å². The third-order valence-corrected chi connectivity index (χ3v) is 3.52. The van der Waals surface area contributed by atoms with Gasteiger partial charge in [-0.1, -0.05) is 0 Å². The standard InChI is InChI=1S/4C3H6OS.Ti/c4*5-3-1-4-2-3;/h4*3,5H,1-2H2;/q;;;;+4/p-4. The molecule has 4 aliphatic heterocycles. The summed E-state index contributed by atoms with van der Waals surface area (Å²) >= 11 is 19.0. The van der Waals surface area contributed by atoms with Gasteiger partial charge < -0.3 is 69.5 Å². The Balaban J connectivity index is 0.000000250. The summed E-state index contributed by atoms with van der Waals surface area (Å²) in [6.07, 6.45) is 0. The monoisotopic (exact) mass is 404 g/mol. The van der Waals surface area contributed by atoms with Gasteiger partial charge in [0.25, 0.3) is 0 Å². The first-order valence-corrected chi connectivity index (χ1v) is 8.40. The topological polar surface area (TPSA) is 36.9 Å². The summed E-state index contributed by atoms with van der Waals surface area (Å²) in [7, 11) is 0. The van der Waals surface area contributed by atoms with Crippen LogP contribution in [0.4, 0.5) is 0 Å². The second-order valence-electron chi connectivity index (χ2n) is 4.64. The van der Waals surface area contributed by atoms with E-state index in [0.29, 0.717) is 21.0 Å². The van der Waals surface area contributed by atoms with Gasteiger partial charge in [0.15, 0.2) is 0 Å². The quantitative estimate of drug-likeness (QED) is 0.404. The predicted molar refractivity (Wildman–Crippen MR) is 87.9 cm³/mol. The van der Waals surface area contributed by atoms with Crippen molar-refractivity contribution in [2.75, 3.05) is 52.9 Å². The molecule has 4 fully saturated rings. The Kier molecular flexibility index (Phi) is 15.6. The van der Waals surface area contributed by atoms with E-state index in [1.54, 1.807) is 0 Å². The Morgan fingerprint density at radius 2 is 0.524 bits per heavy atom. The molecule has 4 nitrogen and oxygen atoms in total. The van der Waals surface area contributed by atoms with Gasteiger partial charge in [0, 0.05) is 52.9 Å². The van der Waals surface area contributed by atoms with Crippen molar-refractivity contribution in [2.24, 2.45) is 0 Å². The molecule has 0 unspecified atom stereocenters. The summed E-state index contributed by atoms with van der Waals surface area (Å²) in [6.45, 7) is 6.41. The largest absolute Gasteiger partial charge is 4.00 e. The van der Waals surface area contributed by atoms with Crippen molar-refractivity contribution >= 4 is 50.5 Å². The van der Waals surface area contributed by atoms with E-state index in [1.165, 1.54) is 0 Å². The molecule has 21 heavy (non-hydrogen) atoms. The van der Waals surface area contributed by atoms with E-state index in [4.69, 9.17) is 69.5 Å². The summed E-state index contributed by atoms with van der Waals surface area (Å²) in [5, 5.41) is 1.70. The van der Waals surface area contributed by atoms with Gasteiger partial charge in [-0.3, -0.25) is 0 Å². The molecule has 9 heteroatoms. The summed E-state index contributed by atoms with van der Waals surface area (Å²) in [5.74, 6) is 0. The van der Waals surface area contributed by atoms with Crippen molar-refractivity contribution in [3.05, 3.63) is 0 Å². The molecule has 0 saturated carbocycles. The van der Waals surface area contributed by atoms with Crippen molar-refractivity contribution in [1.82, 2.24) is 0 Å². The molecule has 0 aromatic carbocycles. The van der Waals surface area contributed by atoms with Crippen LogP contribution in [0.2, 0.25) is 0 Å². The van der Waals surface area contributed by atoms with Crippen LogP contribution in [-0.4, -0.2) is 73.9 Å². The molecule has 0 aliphatic carbocycles. The minimum Gasteiger partial charge on any atom is -0.785 e. The van der Waals surface area contributed by atoms with E-state index >= 15 is 0 Å². The summed E-state index contributed by atoms with van der Waals surface area (Å²) in [5.41, 5.74) is 0. The fourth-order valence-electron chi connectivity index (χ4n) is 0.856. The van der Waals surface area contributed by atoms with Crippen LogP contribution in [0.25, 0.3) is 0 Å². The molecule has 0 N–H and O–H groups in total. The zero-order valence-electron chi connectivity index (χ0n) is 11.7. The molecule has 0 aromatic heterocycles. The molecule has 120 valence electrons. The minimum absolute atomic E-state index is 0. The first kappa shape index (κ1) is 23.0. The van der Waals surface area contributed by atoms with Crippen LogP contribution in [0, 0.1) is 0 Å². The van der Waals surface area contributed by atoms with E-state index in [2.05, 4.69) is 0 Å². The Morgan fingerprint density at radius 3 is 0.524 bits per heavy atom. The van der Waals surface area contributed by atoms with Gasteiger partial charge in [-0.2, -0.15) is 0 Å². The van der Waals surface area contributed by atoms with E-state index in [1.807, 2.05) is 0 Å². The SMILES string of the molecule is [S-]C1COC1.[S-]C1COC1.[S-]C1COC1.[S-]C1COC1.[Ti+4]. The van der Waals surface area contributed by atoms with Gasteiger partial charge in [-0.25, -0.2) is 0 Å². The molecule has 0 amide bonds. The Hall–Kier alpha value is 1.95. The zero-order valence-corrected chi connectivity index (χ0v) is 16.6. The Labute approximate surface area is 164 Å². The van der Waals surface area contributed by atoms with Crippen LogP contribution >= 0.6 is 0 Å². The first-order valence-electron chi connectivity index (χ1n) is 6.52. The Bertz CT molecular complexity index is 189. The third kappa shape index (κ3) is 13.0. The fourth-order valence-corrected chi connectivity index (χ4v) is 1.63. The van der Waals surface area contributed by atoms with Gasteiger partial charge in [-0.05, 0) is 0 Å². The van der Waals surface area contributed by atoms with E-state index in [0.717, 1.165) is 52.9 Å². The van der Waals surface area contributed by atoms with Crippen molar-refractivity contribution in [3.63, 3.8) is 0 Å². The van der Waals surface area contributed by atoms with E-state index < -0.39 is 0 Å². The summed E-state index contributed by atoms with van der Waals surface area (Å²) in [4.78, 5) is 0. The van der Waals surface area contributed by atoms with Gasteiger partial charge in [0.2, 0.25) is 0 Å². The van der Waals surface area contributed by atoms with Crippen molar-refractivity contribution in [3.8, 4) is 0 Å². The first-order chi connectivity index (χ1) is 9.58. The number of rotatable bonds is 0. The molecule has 0 bridgehead atoms. The van der Waals surface area contributed by atoms with Gasteiger partial charge >= 0.3 is 21.7 Å². The molecule has 0 radical (unpaired) electrons. The van der Waals surface area contributed by atoms with Gasteiger partial charge in [0.1, 0.15) is 0 Å². The molecule has 0 aromatic rings. The predicted octanol–water partition coefficient (Wildman–Crippen LogP) is -0.274. The Morgan fingerprint density at radius 1 is 0.429 bits per heavy atom. The van der Waals surface area contributed by atoms with Crippen LogP contribution in [-0.2, 0) is 91.2 Å². The maximum absolute atomic E-state index is 4.74. The second-order valence-corrected chi connectivity index (χ2v) is 7.30. The smallest absolute Gasteiger partial charge is 0.785 e. The minimum atomic E-state index is 0. The summed E-state index contributed by atoms with van der Waals surface area (Å²) in [6, 6.07) is 0. The number of ether oxygens (including phenoxy) is 4. The van der Waals surface area contributed by atoms with Crippen molar-refractivity contribution < 1.29 is 40.7 Å². The van der Waals surface area contributed by atoms with Crippen LogP contribution in [0.1, 0.15) is 0 Å². The number of hydrogen-bond acceptors (Lipinski definition) is 8. The molecular weight excluding hydrogens is 384 g/mol. The van der Waals surface area contributed by atoms with Crippen molar-refractivity contribution in [2.45, 2.75) is 21.0 Å². The molecule has 0 atom stereocenters. The normalized spacial score (nSPS) is 24.6. The van der Waals surface area contributed by atoms with Crippen LogP contribution in [0.15, 0.2) is 0 Å². The molecule has 4 saturated heterocycles. The maximum atomic E-state index is 4.74. The molecular formula is C12H20O4S4Ti. The molecule has 0 spiro atoms. The molecule has 4 aliphatic rings. The maximum Gasteiger partial charge on any atom is 4.00 e. The second kappa shape index (κ2) is 14.3. The third-order valence-electron chi connectivity index (χ3n) is 2.43. The van der Waals surface area contributed by atoms with Crippen LogP contribution < -0.4 is 0 Å². The average molecular weight is 404 g/mol. The van der Waals surface area contributed by atoms with E-state index in [9.17, 15) is 0 Å². The van der Waals surface area contributed by atoms with Crippen molar-refractivity contribution in [1.29, 1.82) is 0 Å². The van der Waals surface area contributed by atoms with E-state index in [-0.39, 0.29) is 21.7 Å². The van der Waals surface area contributed by atoms with Gasteiger partial charge in [-0.15, -0.1) is 21.0 Å². The molecule has 4 rings (SSSR count). The zero-order chi connectivity index (χ0) is 14.8. The average Bonchev–Trinajstić information content (AvgIpc) is 2.31. The molecule has 4 heterocycles. The fraction of sp³-hybridized carbons (Fsp3) is 1.00. The number of hydrogen-bond donors (Lipinski definition) is 0. The van der Waals surface area contributed by atoms with Crippen LogP contribution in [0.5, 0.6) is 0 Å². The van der Waals surface area contributed by atoms with Crippen LogP contribution in [0.3, 0.4) is 0 Å².